The van der Waals surface area contributed by atoms with E-state index in [1.807, 2.05) is 11.8 Å². The van der Waals surface area contributed by atoms with E-state index >= 15 is 0 Å². The van der Waals surface area contributed by atoms with Crippen molar-refractivity contribution in [2.75, 3.05) is 13.1 Å². The maximum absolute atomic E-state index is 11.6. The molecule has 0 unspecified atom stereocenters. The van der Waals surface area contributed by atoms with E-state index in [4.69, 9.17) is 0 Å². The van der Waals surface area contributed by atoms with Crippen molar-refractivity contribution >= 4 is 11.8 Å². The van der Waals surface area contributed by atoms with Crippen molar-refractivity contribution in [2.24, 2.45) is 5.92 Å². The molecule has 2 fully saturated rings. The number of carbonyl (C=O) groups is 2. The van der Waals surface area contributed by atoms with E-state index < -0.39 is 0 Å². The predicted octanol–water partition coefficient (Wildman–Crippen LogP) is 0.914. The minimum absolute atomic E-state index is 0.222. The summed E-state index contributed by atoms with van der Waals surface area (Å²) in [5, 5.41) is 3.08. The minimum Gasteiger partial charge on any atom is -0.353 e. The van der Waals surface area contributed by atoms with E-state index in [2.05, 4.69) is 5.32 Å². The fourth-order valence-electron chi connectivity index (χ4n) is 2.16. The van der Waals surface area contributed by atoms with Crippen LogP contribution in [-0.4, -0.2) is 35.8 Å². The first-order chi connectivity index (χ1) is 7.70. The zero-order valence-corrected chi connectivity index (χ0v) is 9.87. The molecule has 0 bridgehead atoms. The summed E-state index contributed by atoms with van der Waals surface area (Å²) in [6, 6.07) is 0.286. The molecule has 1 heterocycles. The maximum atomic E-state index is 11.6. The van der Waals surface area contributed by atoms with Gasteiger partial charge in [0, 0.05) is 31.5 Å². The molecule has 4 heteroatoms. The molecule has 0 atom stereocenters. The van der Waals surface area contributed by atoms with Gasteiger partial charge in [-0.25, -0.2) is 0 Å². The lowest BCUT2D eigenvalue weighted by Gasteiger charge is -2.32. The van der Waals surface area contributed by atoms with Crippen molar-refractivity contribution in [1.82, 2.24) is 10.2 Å². The lowest BCUT2D eigenvalue weighted by Crippen LogP contribution is -2.46. The zero-order valence-electron chi connectivity index (χ0n) is 9.87. The van der Waals surface area contributed by atoms with Crippen LogP contribution in [0.15, 0.2) is 0 Å². The normalized spacial score (nSPS) is 21.9. The molecule has 1 saturated carbocycles. The van der Waals surface area contributed by atoms with Crippen LogP contribution in [0, 0.1) is 5.92 Å². The van der Waals surface area contributed by atoms with Gasteiger partial charge in [0.05, 0.1) is 0 Å². The summed E-state index contributed by atoms with van der Waals surface area (Å²) in [6.45, 7) is 3.48. The van der Waals surface area contributed by atoms with Crippen molar-refractivity contribution in [2.45, 2.75) is 45.1 Å². The van der Waals surface area contributed by atoms with E-state index in [-0.39, 0.29) is 23.8 Å². The van der Waals surface area contributed by atoms with Gasteiger partial charge in [-0.3, -0.25) is 9.59 Å². The molecule has 1 aliphatic heterocycles. The van der Waals surface area contributed by atoms with Crippen LogP contribution < -0.4 is 5.32 Å². The number of amides is 2. The Morgan fingerprint density at radius 3 is 2.31 bits per heavy atom. The van der Waals surface area contributed by atoms with Crippen LogP contribution in [0.25, 0.3) is 0 Å². The Kier molecular flexibility index (Phi) is 3.46. The highest BCUT2D eigenvalue weighted by atomic mass is 16.2. The summed E-state index contributed by atoms with van der Waals surface area (Å²) in [6.07, 6.45) is 4.51. The van der Waals surface area contributed by atoms with Crippen molar-refractivity contribution in [3.05, 3.63) is 0 Å². The van der Waals surface area contributed by atoms with Gasteiger partial charge in [0.1, 0.15) is 0 Å². The Morgan fingerprint density at radius 2 is 1.81 bits per heavy atom. The first kappa shape index (κ1) is 11.4. The smallest absolute Gasteiger partial charge is 0.223 e. The number of rotatable bonds is 3. The van der Waals surface area contributed by atoms with Crippen LogP contribution in [0.5, 0.6) is 0 Å². The van der Waals surface area contributed by atoms with Gasteiger partial charge in [0.2, 0.25) is 11.8 Å². The maximum Gasteiger partial charge on any atom is 0.223 e. The van der Waals surface area contributed by atoms with Gasteiger partial charge in [0.15, 0.2) is 0 Å². The Hall–Kier alpha value is -1.06. The molecule has 1 aliphatic carbocycles. The largest absolute Gasteiger partial charge is 0.353 e. The monoisotopic (exact) mass is 224 g/mol. The Bertz CT molecular complexity index is 279. The minimum atomic E-state index is 0.222. The summed E-state index contributed by atoms with van der Waals surface area (Å²) in [5.74, 6) is 0.738. The van der Waals surface area contributed by atoms with Crippen molar-refractivity contribution in [1.29, 1.82) is 0 Å². The average molecular weight is 224 g/mol. The molecule has 0 spiro atoms. The number of hydrogen-bond donors (Lipinski definition) is 1. The predicted molar refractivity (Wildman–Crippen MR) is 60.8 cm³/mol. The molecular weight excluding hydrogens is 204 g/mol. The quantitative estimate of drug-likeness (QED) is 0.774. The molecule has 1 saturated heterocycles. The van der Waals surface area contributed by atoms with Gasteiger partial charge in [-0.2, -0.15) is 0 Å². The van der Waals surface area contributed by atoms with Crippen LogP contribution in [0.2, 0.25) is 0 Å². The molecule has 0 radical (unpaired) electrons. The number of nitrogens with zero attached hydrogens (tertiary/aromatic N) is 1. The summed E-state index contributed by atoms with van der Waals surface area (Å²) in [4.78, 5) is 24.9. The molecule has 16 heavy (non-hydrogen) atoms. The summed E-state index contributed by atoms with van der Waals surface area (Å²) in [7, 11) is 0. The molecule has 0 aromatic rings. The van der Waals surface area contributed by atoms with Crippen LogP contribution in [0.3, 0.4) is 0 Å². The molecule has 4 nitrogen and oxygen atoms in total. The van der Waals surface area contributed by atoms with Crippen LogP contribution in [0.4, 0.5) is 0 Å². The van der Waals surface area contributed by atoms with Gasteiger partial charge < -0.3 is 10.2 Å². The molecule has 2 amide bonds. The third-order valence-electron chi connectivity index (χ3n) is 3.44. The van der Waals surface area contributed by atoms with E-state index in [1.54, 1.807) is 0 Å². The second-order valence-corrected chi connectivity index (χ2v) is 4.79. The van der Waals surface area contributed by atoms with Crippen molar-refractivity contribution in [3.8, 4) is 0 Å². The van der Waals surface area contributed by atoms with E-state index in [0.29, 0.717) is 6.42 Å². The summed E-state index contributed by atoms with van der Waals surface area (Å²) >= 11 is 0. The number of carbonyl (C=O) groups excluding carboxylic acids is 2. The molecule has 0 aromatic heterocycles. The van der Waals surface area contributed by atoms with Crippen molar-refractivity contribution < 1.29 is 9.59 Å². The fraction of sp³-hybridized carbons (Fsp3) is 0.833. The van der Waals surface area contributed by atoms with E-state index in [1.165, 1.54) is 0 Å². The third kappa shape index (κ3) is 2.74. The number of nitrogens with one attached hydrogen (secondary N) is 1. The fourth-order valence-corrected chi connectivity index (χ4v) is 2.16. The SMILES string of the molecule is CCC(=O)N1CCC(NC(=O)C2CC2)CC1. The molecule has 0 aromatic carbocycles. The Morgan fingerprint density at radius 1 is 1.19 bits per heavy atom. The van der Waals surface area contributed by atoms with Crippen molar-refractivity contribution in [3.63, 3.8) is 0 Å². The lowest BCUT2D eigenvalue weighted by atomic mass is 10.0. The van der Waals surface area contributed by atoms with Gasteiger partial charge in [-0.1, -0.05) is 6.92 Å². The second kappa shape index (κ2) is 4.85. The zero-order chi connectivity index (χ0) is 11.5. The highest BCUT2D eigenvalue weighted by molar-refractivity contribution is 5.81. The van der Waals surface area contributed by atoms with Crippen LogP contribution in [0.1, 0.15) is 39.0 Å². The number of likely N-dealkylation sites (tertiary alicyclic amines) is 1. The third-order valence-corrected chi connectivity index (χ3v) is 3.44. The lowest BCUT2D eigenvalue weighted by molar-refractivity contribution is -0.132. The highest BCUT2D eigenvalue weighted by Gasteiger charge is 2.32. The molecule has 1 N–H and O–H groups in total. The number of piperidine rings is 1. The number of hydrogen-bond acceptors (Lipinski definition) is 2. The molecule has 2 rings (SSSR count). The first-order valence-corrected chi connectivity index (χ1v) is 6.29. The van der Waals surface area contributed by atoms with Gasteiger partial charge in [0.25, 0.3) is 0 Å². The van der Waals surface area contributed by atoms with Gasteiger partial charge in [-0.15, -0.1) is 0 Å². The van der Waals surface area contributed by atoms with Gasteiger partial charge in [-0.05, 0) is 25.7 Å². The van der Waals surface area contributed by atoms with Crippen LogP contribution in [-0.2, 0) is 9.59 Å². The molecule has 90 valence electrons. The highest BCUT2D eigenvalue weighted by Crippen LogP contribution is 2.29. The molecule has 2 aliphatic rings. The average Bonchev–Trinajstić information content (AvgIpc) is 3.13. The van der Waals surface area contributed by atoms with E-state index in [0.717, 1.165) is 38.8 Å². The molecular formula is C12H20N2O2. The summed E-state index contributed by atoms with van der Waals surface area (Å²) < 4.78 is 0. The van der Waals surface area contributed by atoms with Crippen LogP contribution >= 0.6 is 0 Å². The Labute approximate surface area is 96.4 Å². The van der Waals surface area contributed by atoms with E-state index in [9.17, 15) is 9.59 Å². The second-order valence-electron chi connectivity index (χ2n) is 4.79. The standard InChI is InChI=1S/C12H20N2O2/c1-2-11(15)14-7-5-10(6-8-14)13-12(16)9-3-4-9/h9-10H,2-8H2,1H3,(H,13,16). The van der Waals surface area contributed by atoms with Gasteiger partial charge >= 0.3 is 0 Å². The first-order valence-electron chi connectivity index (χ1n) is 6.29. The topological polar surface area (TPSA) is 49.4 Å². The summed E-state index contributed by atoms with van der Waals surface area (Å²) in [5.41, 5.74) is 0. The Balaban J connectivity index is 1.72.